The third-order valence-electron chi connectivity index (χ3n) is 1.07. The molecule has 1 unspecified atom stereocenters. The Kier molecular flexibility index (Phi) is 4.16. The first-order valence-electron chi connectivity index (χ1n) is 2.90. The Morgan fingerprint density at radius 1 is 1.80 bits per heavy atom. The summed E-state index contributed by atoms with van der Waals surface area (Å²) in [7, 11) is -1.25. The molecule has 0 bridgehead atoms. The largest absolute Gasteiger partial charge is 0.480 e. The van der Waals surface area contributed by atoms with Gasteiger partial charge < -0.3 is 10.8 Å². The number of hydrogen-bond acceptors (Lipinski definition) is 3. The van der Waals surface area contributed by atoms with Crippen LogP contribution >= 0.6 is 7.80 Å². The molecule has 0 spiro atoms. The van der Waals surface area contributed by atoms with Gasteiger partial charge in [0.25, 0.3) is 0 Å². The van der Waals surface area contributed by atoms with Gasteiger partial charge in [-0.05, 0) is 0 Å². The first-order valence-corrected chi connectivity index (χ1v) is 4.80. The van der Waals surface area contributed by atoms with Gasteiger partial charge in [0, 0.05) is 6.42 Å². The van der Waals surface area contributed by atoms with Crippen LogP contribution in [0.25, 0.3) is 0 Å². The van der Waals surface area contributed by atoms with Gasteiger partial charge in [0.2, 0.25) is 0 Å². The van der Waals surface area contributed by atoms with Crippen molar-refractivity contribution in [2.45, 2.75) is 12.5 Å². The first kappa shape index (κ1) is 9.53. The van der Waals surface area contributed by atoms with Crippen LogP contribution in [0.5, 0.6) is 0 Å². The van der Waals surface area contributed by atoms with Crippen LogP contribution in [0.1, 0.15) is 6.42 Å². The summed E-state index contributed by atoms with van der Waals surface area (Å²) in [5, 5.41) is 8.28. The highest BCUT2D eigenvalue weighted by atomic mass is 31.1. The molecule has 58 valence electrons. The van der Waals surface area contributed by atoms with E-state index in [0.717, 1.165) is 0 Å². The van der Waals surface area contributed by atoms with Crippen molar-refractivity contribution in [2.75, 3.05) is 12.8 Å². The van der Waals surface area contributed by atoms with Crippen molar-refractivity contribution in [1.82, 2.24) is 0 Å². The molecule has 10 heavy (non-hydrogen) atoms. The Balaban J connectivity index is 3.49. The molecular formula is C5H11NO3P+. The van der Waals surface area contributed by atoms with Crippen LogP contribution in [-0.2, 0) is 9.36 Å². The van der Waals surface area contributed by atoms with Crippen LogP contribution in [0.15, 0.2) is 0 Å². The monoisotopic (exact) mass is 164 g/mol. The lowest BCUT2D eigenvalue weighted by Crippen LogP contribution is -2.30. The smallest absolute Gasteiger partial charge is 0.335 e. The zero-order valence-electron chi connectivity index (χ0n) is 5.78. The fraction of sp³-hybridized carbons (Fsp3) is 0.800. The maximum absolute atomic E-state index is 10.5. The van der Waals surface area contributed by atoms with E-state index in [2.05, 4.69) is 0 Å². The predicted octanol–water partition coefficient (Wildman–Crippen LogP) is 0.246. The summed E-state index contributed by atoms with van der Waals surface area (Å²) < 4.78 is 10.5. The summed E-state index contributed by atoms with van der Waals surface area (Å²) in [6.45, 7) is 1.56. The molecule has 0 fully saturated rings. The van der Waals surface area contributed by atoms with Gasteiger partial charge >= 0.3 is 13.8 Å². The van der Waals surface area contributed by atoms with Gasteiger partial charge in [-0.3, -0.25) is 4.79 Å². The second-order valence-electron chi connectivity index (χ2n) is 2.08. The Morgan fingerprint density at radius 2 is 2.30 bits per heavy atom. The summed E-state index contributed by atoms with van der Waals surface area (Å²) >= 11 is 0. The van der Waals surface area contributed by atoms with Crippen molar-refractivity contribution in [2.24, 2.45) is 5.73 Å². The maximum atomic E-state index is 10.5. The highest BCUT2D eigenvalue weighted by Gasteiger charge is 2.15. The SMILES string of the molecule is C[P+](=O)CC[C@H](N)C(=O)O. The summed E-state index contributed by atoms with van der Waals surface area (Å²) in [5.74, 6) is -1.03. The van der Waals surface area contributed by atoms with E-state index in [9.17, 15) is 9.36 Å². The number of rotatable bonds is 4. The molecular weight excluding hydrogens is 153 g/mol. The molecule has 0 aliphatic rings. The summed E-state index contributed by atoms with van der Waals surface area (Å²) in [6, 6.07) is -0.862. The van der Waals surface area contributed by atoms with E-state index >= 15 is 0 Å². The third kappa shape index (κ3) is 4.41. The van der Waals surface area contributed by atoms with Gasteiger partial charge in [-0.1, -0.05) is 4.57 Å². The molecule has 0 aliphatic carbocycles. The van der Waals surface area contributed by atoms with Crippen molar-refractivity contribution in [3.8, 4) is 0 Å². The van der Waals surface area contributed by atoms with E-state index in [1.807, 2.05) is 0 Å². The predicted molar refractivity (Wildman–Crippen MR) is 38.6 cm³/mol. The lowest BCUT2D eigenvalue weighted by molar-refractivity contribution is -0.138. The molecule has 0 radical (unpaired) electrons. The van der Waals surface area contributed by atoms with Crippen molar-refractivity contribution in [3.63, 3.8) is 0 Å². The maximum Gasteiger partial charge on any atom is 0.335 e. The molecule has 0 heterocycles. The highest BCUT2D eigenvalue weighted by molar-refractivity contribution is 7.43. The van der Waals surface area contributed by atoms with Gasteiger partial charge in [-0.15, -0.1) is 0 Å². The number of aliphatic carboxylic acids is 1. The minimum Gasteiger partial charge on any atom is -0.480 e. The first-order chi connectivity index (χ1) is 4.54. The normalized spacial score (nSPS) is 14.4. The topological polar surface area (TPSA) is 80.4 Å². The third-order valence-corrected chi connectivity index (χ3v) is 1.96. The lowest BCUT2D eigenvalue weighted by Gasteiger charge is -1.98. The van der Waals surface area contributed by atoms with Gasteiger partial charge in [-0.2, -0.15) is 0 Å². The second kappa shape index (κ2) is 4.36. The zero-order valence-corrected chi connectivity index (χ0v) is 6.67. The summed E-state index contributed by atoms with van der Waals surface area (Å²) in [5.41, 5.74) is 5.14. The molecule has 3 N–H and O–H groups in total. The molecule has 0 aromatic heterocycles. The number of hydrogen-bond donors (Lipinski definition) is 2. The molecule has 0 aliphatic heterocycles. The van der Waals surface area contributed by atoms with Crippen molar-refractivity contribution >= 4 is 13.8 Å². The van der Waals surface area contributed by atoms with Crippen molar-refractivity contribution in [3.05, 3.63) is 0 Å². The van der Waals surface area contributed by atoms with E-state index in [1.54, 1.807) is 6.66 Å². The van der Waals surface area contributed by atoms with Crippen LogP contribution in [0, 0.1) is 0 Å². The molecule has 0 amide bonds. The van der Waals surface area contributed by atoms with Crippen LogP contribution < -0.4 is 5.73 Å². The summed E-state index contributed by atoms with van der Waals surface area (Å²) in [4.78, 5) is 10.1. The van der Waals surface area contributed by atoms with Crippen molar-refractivity contribution < 1.29 is 14.5 Å². The van der Waals surface area contributed by atoms with E-state index in [1.165, 1.54) is 0 Å². The molecule has 0 aromatic carbocycles. The Hall–Kier alpha value is -0.470. The van der Waals surface area contributed by atoms with E-state index in [-0.39, 0.29) is 0 Å². The molecule has 4 nitrogen and oxygen atoms in total. The number of carboxylic acids is 1. The standard InChI is InChI=1S/C5H10NO3P/c1-10(9)3-2-4(6)5(7)8/h4H,2-3,6H2,1H3/p+1/t4-/m0/s1. The van der Waals surface area contributed by atoms with Crippen LogP contribution in [0.3, 0.4) is 0 Å². The second-order valence-corrected chi connectivity index (χ2v) is 3.79. The fourth-order valence-corrected chi connectivity index (χ4v) is 1.09. The zero-order chi connectivity index (χ0) is 8.15. The van der Waals surface area contributed by atoms with E-state index in [0.29, 0.717) is 12.6 Å². The van der Waals surface area contributed by atoms with E-state index in [4.69, 9.17) is 10.8 Å². The molecule has 5 heteroatoms. The Labute approximate surface area is 60.2 Å². The molecule has 0 rings (SSSR count). The Morgan fingerprint density at radius 3 is 2.60 bits per heavy atom. The van der Waals surface area contributed by atoms with Crippen LogP contribution in [0.2, 0.25) is 0 Å². The minimum absolute atomic E-state index is 0.293. The molecule has 0 saturated heterocycles. The Bertz CT molecular complexity index is 148. The van der Waals surface area contributed by atoms with Gasteiger partial charge in [0.15, 0.2) is 0 Å². The molecule has 0 aromatic rings. The van der Waals surface area contributed by atoms with E-state index < -0.39 is 19.8 Å². The number of carbonyl (C=O) groups is 1. The highest BCUT2D eigenvalue weighted by Crippen LogP contribution is 2.14. The molecule has 0 saturated carbocycles. The van der Waals surface area contributed by atoms with Gasteiger partial charge in [0.1, 0.15) is 18.9 Å². The van der Waals surface area contributed by atoms with Crippen LogP contribution in [0.4, 0.5) is 0 Å². The van der Waals surface area contributed by atoms with Gasteiger partial charge in [-0.25, -0.2) is 0 Å². The number of nitrogens with two attached hydrogens (primary N) is 1. The van der Waals surface area contributed by atoms with Crippen LogP contribution in [-0.4, -0.2) is 29.9 Å². The van der Waals surface area contributed by atoms with Crippen molar-refractivity contribution in [1.29, 1.82) is 0 Å². The average molecular weight is 164 g/mol. The minimum atomic E-state index is -1.25. The lowest BCUT2D eigenvalue weighted by atomic mass is 10.2. The van der Waals surface area contributed by atoms with Gasteiger partial charge in [0.05, 0.1) is 0 Å². The number of carboxylic acid groups (broad SMARTS) is 1. The average Bonchev–Trinajstić information content (AvgIpc) is 1.82. The quantitative estimate of drug-likeness (QED) is 0.583. The molecule has 2 atom stereocenters. The fourth-order valence-electron chi connectivity index (χ4n) is 0.444. The summed E-state index contributed by atoms with van der Waals surface area (Å²) in [6.07, 6.45) is 0.684.